The van der Waals surface area contributed by atoms with Gasteiger partial charge in [-0.15, -0.1) is 0 Å². The molecule has 0 bridgehead atoms. The fourth-order valence-electron chi connectivity index (χ4n) is 1.87. The van der Waals surface area contributed by atoms with Crippen LogP contribution in [-0.4, -0.2) is 23.3 Å². The fourth-order valence-corrected chi connectivity index (χ4v) is 1.87. The van der Waals surface area contributed by atoms with Crippen LogP contribution in [0, 0.1) is 24.1 Å². The summed E-state index contributed by atoms with van der Waals surface area (Å²) in [5.74, 6) is -1.05. The number of nitrogens with one attached hydrogen (secondary N) is 1. The number of hydrogen-bond acceptors (Lipinski definition) is 4. The van der Waals surface area contributed by atoms with Gasteiger partial charge in [-0.2, -0.15) is 10.4 Å². The molecule has 1 heterocycles. The molecule has 2 rings (SSSR count). The lowest BCUT2D eigenvalue weighted by Crippen LogP contribution is -2.24. The van der Waals surface area contributed by atoms with Gasteiger partial charge < -0.3 is 9.30 Å². The molecule has 6 nitrogen and oxygen atoms in total. The highest BCUT2D eigenvalue weighted by molar-refractivity contribution is 5.84. The number of hydrazone groups is 1. The van der Waals surface area contributed by atoms with Crippen LogP contribution in [0.4, 0.5) is 4.39 Å². The van der Waals surface area contributed by atoms with Crippen LogP contribution in [0.2, 0.25) is 0 Å². The number of para-hydroxylation sites is 1. The average Bonchev–Trinajstić information content (AvgIpc) is 2.82. The summed E-state index contributed by atoms with van der Waals surface area (Å²) in [6.45, 7) is 1.49. The van der Waals surface area contributed by atoms with Gasteiger partial charge in [0.25, 0.3) is 5.91 Å². The number of nitrogens with zero attached hydrogens (tertiary/aromatic N) is 3. The Balaban J connectivity index is 1.90. The SMILES string of the molecule is Cc1c(/C=N\NC(=O)COc2ccccc2F)cc(C#N)n1C. The van der Waals surface area contributed by atoms with E-state index in [1.54, 1.807) is 23.7 Å². The Morgan fingerprint density at radius 1 is 1.52 bits per heavy atom. The van der Waals surface area contributed by atoms with Gasteiger partial charge in [0.1, 0.15) is 11.8 Å². The van der Waals surface area contributed by atoms with Crippen molar-refractivity contribution in [1.82, 2.24) is 9.99 Å². The van der Waals surface area contributed by atoms with Crippen LogP contribution in [0.25, 0.3) is 0 Å². The van der Waals surface area contributed by atoms with Crippen LogP contribution in [-0.2, 0) is 11.8 Å². The van der Waals surface area contributed by atoms with E-state index >= 15 is 0 Å². The Morgan fingerprint density at radius 2 is 2.26 bits per heavy atom. The quantitative estimate of drug-likeness (QED) is 0.676. The van der Waals surface area contributed by atoms with Crippen molar-refractivity contribution in [2.24, 2.45) is 12.1 Å². The second-order valence-corrected chi connectivity index (χ2v) is 4.75. The first-order valence-corrected chi connectivity index (χ1v) is 6.78. The monoisotopic (exact) mass is 314 g/mol. The van der Waals surface area contributed by atoms with E-state index in [1.165, 1.54) is 24.4 Å². The number of hydrogen-bond donors (Lipinski definition) is 1. The Labute approximate surface area is 132 Å². The number of carbonyl (C=O) groups is 1. The van der Waals surface area contributed by atoms with Gasteiger partial charge in [0.15, 0.2) is 18.2 Å². The van der Waals surface area contributed by atoms with Gasteiger partial charge in [-0.1, -0.05) is 12.1 Å². The van der Waals surface area contributed by atoms with Gasteiger partial charge in [-0.05, 0) is 25.1 Å². The third kappa shape index (κ3) is 3.95. The highest BCUT2D eigenvalue weighted by Crippen LogP contribution is 2.15. The number of aromatic nitrogens is 1. The second-order valence-electron chi connectivity index (χ2n) is 4.75. The van der Waals surface area contributed by atoms with E-state index in [2.05, 4.69) is 16.6 Å². The number of amides is 1. The Kier molecular flexibility index (Phi) is 5.10. The summed E-state index contributed by atoms with van der Waals surface area (Å²) in [5.41, 5.74) is 4.35. The Hall–Kier alpha value is -3.14. The molecule has 0 unspecified atom stereocenters. The highest BCUT2D eigenvalue weighted by atomic mass is 19.1. The summed E-state index contributed by atoms with van der Waals surface area (Å²) in [4.78, 5) is 11.6. The third-order valence-electron chi connectivity index (χ3n) is 3.28. The normalized spacial score (nSPS) is 10.5. The Bertz CT molecular complexity index is 790. The molecule has 2 aromatic rings. The predicted octanol–water partition coefficient (Wildman–Crippen LogP) is 1.87. The molecule has 0 aliphatic rings. The minimum Gasteiger partial charge on any atom is -0.481 e. The first-order chi connectivity index (χ1) is 11.0. The summed E-state index contributed by atoms with van der Waals surface area (Å²) in [6, 6.07) is 9.55. The molecule has 0 saturated heterocycles. The molecule has 0 aliphatic heterocycles. The van der Waals surface area contributed by atoms with E-state index in [0.717, 1.165) is 11.3 Å². The molecule has 1 N–H and O–H groups in total. The lowest BCUT2D eigenvalue weighted by atomic mass is 10.3. The molecular weight excluding hydrogens is 299 g/mol. The van der Waals surface area contributed by atoms with E-state index < -0.39 is 11.7 Å². The lowest BCUT2D eigenvalue weighted by Gasteiger charge is -2.05. The number of ether oxygens (including phenoxy) is 1. The molecular formula is C16H15FN4O2. The first-order valence-electron chi connectivity index (χ1n) is 6.78. The average molecular weight is 314 g/mol. The van der Waals surface area contributed by atoms with E-state index in [9.17, 15) is 9.18 Å². The topological polar surface area (TPSA) is 79.4 Å². The van der Waals surface area contributed by atoms with Crippen LogP contribution in [0.1, 0.15) is 17.0 Å². The van der Waals surface area contributed by atoms with Crippen molar-refractivity contribution in [3.05, 3.63) is 53.1 Å². The van der Waals surface area contributed by atoms with Crippen molar-refractivity contribution >= 4 is 12.1 Å². The van der Waals surface area contributed by atoms with Crippen molar-refractivity contribution in [3.8, 4) is 11.8 Å². The van der Waals surface area contributed by atoms with Gasteiger partial charge in [0.05, 0.1) is 6.21 Å². The molecule has 1 aromatic carbocycles. The van der Waals surface area contributed by atoms with Gasteiger partial charge in [-0.25, -0.2) is 9.82 Å². The Morgan fingerprint density at radius 3 is 2.91 bits per heavy atom. The number of nitriles is 1. The van der Waals surface area contributed by atoms with Crippen LogP contribution < -0.4 is 10.2 Å². The maximum Gasteiger partial charge on any atom is 0.277 e. The summed E-state index contributed by atoms with van der Waals surface area (Å²) in [6.07, 6.45) is 1.44. The largest absolute Gasteiger partial charge is 0.481 e. The summed E-state index contributed by atoms with van der Waals surface area (Å²) >= 11 is 0. The zero-order valence-electron chi connectivity index (χ0n) is 12.7. The summed E-state index contributed by atoms with van der Waals surface area (Å²) in [5, 5.41) is 12.7. The molecule has 0 spiro atoms. The molecule has 0 saturated carbocycles. The third-order valence-corrected chi connectivity index (χ3v) is 3.28. The van der Waals surface area contributed by atoms with Crippen molar-refractivity contribution in [3.63, 3.8) is 0 Å². The van der Waals surface area contributed by atoms with Crippen molar-refractivity contribution in [1.29, 1.82) is 5.26 Å². The fraction of sp³-hybridized carbons (Fsp3) is 0.188. The zero-order chi connectivity index (χ0) is 16.8. The van der Waals surface area contributed by atoms with E-state index in [0.29, 0.717) is 5.69 Å². The number of halogens is 1. The van der Waals surface area contributed by atoms with E-state index in [1.807, 2.05) is 6.92 Å². The molecule has 0 fully saturated rings. The number of benzene rings is 1. The minimum absolute atomic E-state index is 0.00388. The minimum atomic E-state index is -0.534. The van der Waals surface area contributed by atoms with Gasteiger partial charge in [-0.3, -0.25) is 4.79 Å². The standard InChI is InChI=1S/C16H15FN4O2/c1-11-12(7-13(8-18)21(11)2)9-19-20-16(22)10-23-15-6-4-3-5-14(15)17/h3-7,9H,10H2,1-2H3,(H,20,22)/b19-9-. The number of carbonyl (C=O) groups excluding carboxylic acids is 1. The van der Waals surface area contributed by atoms with Crippen molar-refractivity contribution in [2.75, 3.05) is 6.61 Å². The molecule has 7 heteroatoms. The van der Waals surface area contributed by atoms with Crippen LogP contribution >= 0.6 is 0 Å². The van der Waals surface area contributed by atoms with Gasteiger partial charge in [0.2, 0.25) is 0 Å². The number of rotatable bonds is 5. The summed E-state index contributed by atoms with van der Waals surface area (Å²) < 4.78 is 20.1. The zero-order valence-corrected chi connectivity index (χ0v) is 12.7. The van der Waals surface area contributed by atoms with Crippen molar-refractivity contribution in [2.45, 2.75) is 6.92 Å². The maximum atomic E-state index is 13.3. The van der Waals surface area contributed by atoms with Crippen LogP contribution in [0.3, 0.4) is 0 Å². The van der Waals surface area contributed by atoms with Gasteiger partial charge in [0, 0.05) is 18.3 Å². The molecule has 23 heavy (non-hydrogen) atoms. The van der Waals surface area contributed by atoms with Crippen LogP contribution in [0.5, 0.6) is 5.75 Å². The van der Waals surface area contributed by atoms with E-state index in [4.69, 9.17) is 10.00 Å². The lowest BCUT2D eigenvalue weighted by molar-refractivity contribution is -0.123. The van der Waals surface area contributed by atoms with Crippen LogP contribution in [0.15, 0.2) is 35.4 Å². The second kappa shape index (κ2) is 7.22. The van der Waals surface area contributed by atoms with Gasteiger partial charge >= 0.3 is 0 Å². The van der Waals surface area contributed by atoms with Crippen molar-refractivity contribution < 1.29 is 13.9 Å². The highest BCUT2D eigenvalue weighted by Gasteiger charge is 2.07. The molecule has 1 amide bonds. The maximum absolute atomic E-state index is 13.3. The summed E-state index contributed by atoms with van der Waals surface area (Å²) in [7, 11) is 1.77. The smallest absolute Gasteiger partial charge is 0.277 e. The van der Waals surface area contributed by atoms with E-state index in [-0.39, 0.29) is 12.4 Å². The predicted molar refractivity (Wildman–Crippen MR) is 82.5 cm³/mol. The molecule has 1 aromatic heterocycles. The first kappa shape index (κ1) is 16.2. The molecule has 118 valence electrons. The molecule has 0 radical (unpaired) electrons. The molecule has 0 aliphatic carbocycles. The molecule has 0 atom stereocenters.